The first kappa shape index (κ1) is 12.6. The van der Waals surface area contributed by atoms with E-state index in [1.807, 2.05) is 23.1 Å². The number of thiazole rings is 1. The van der Waals surface area contributed by atoms with Gasteiger partial charge in [0.05, 0.1) is 10.2 Å². The van der Waals surface area contributed by atoms with Crippen LogP contribution in [0.4, 0.5) is 5.13 Å². The molecule has 1 aliphatic heterocycles. The van der Waals surface area contributed by atoms with Gasteiger partial charge in [0.25, 0.3) is 5.95 Å². The van der Waals surface area contributed by atoms with E-state index >= 15 is 0 Å². The summed E-state index contributed by atoms with van der Waals surface area (Å²) in [5.74, 6) is -0.600. The summed E-state index contributed by atoms with van der Waals surface area (Å²) >= 11 is 7.48. The molecule has 0 amide bonds. The Bertz CT molecular complexity index is 649. The van der Waals surface area contributed by atoms with E-state index in [0.717, 1.165) is 34.7 Å². The molecule has 0 saturated carbocycles. The fourth-order valence-electron chi connectivity index (χ4n) is 2.28. The van der Waals surface area contributed by atoms with E-state index in [0.29, 0.717) is 17.1 Å². The molecule has 0 atom stereocenters. The van der Waals surface area contributed by atoms with Crippen molar-refractivity contribution in [1.29, 1.82) is 0 Å². The van der Waals surface area contributed by atoms with Crippen LogP contribution >= 0.6 is 22.9 Å². The summed E-state index contributed by atoms with van der Waals surface area (Å²) in [6.45, 7) is 0.757. The number of aromatic nitrogens is 1. The van der Waals surface area contributed by atoms with Crippen molar-refractivity contribution >= 4 is 38.3 Å². The van der Waals surface area contributed by atoms with Crippen molar-refractivity contribution in [2.24, 2.45) is 0 Å². The Kier molecular flexibility index (Phi) is 3.24. The van der Waals surface area contributed by atoms with Crippen LogP contribution in [0.25, 0.3) is 10.2 Å². The first-order valence-corrected chi connectivity index (χ1v) is 7.29. The van der Waals surface area contributed by atoms with E-state index in [2.05, 4.69) is 4.98 Å². The highest BCUT2D eigenvalue weighted by atomic mass is 35.5. The number of aliphatic hydroxyl groups excluding tert-OH is 1. The number of fused-ring (bicyclic) bond motifs is 1. The number of benzene rings is 1. The van der Waals surface area contributed by atoms with Crippen LogP contribution < -0.4 is 4.90 Å². The predicted molar refractivity (Wildman–Crippen MR) is 78.1 cm³/mol. The summed E-state index contributed by atoms with van der Waals surface area (Å²) in [5, 5.41) is 20.2. The molecule has 0 bridgehead atoms. The topological polar surface area (TPSA) is 56.6 Å². The molecule has 2 N–H and O–H groups in total. The number of piperidine rings is 1. The molecule has 6 heteroatoms. The van der Waals surface area contributed by atoms with Gasteiger partial charge in [-0.25, -0.2) is 4.98 Å². The second-order valence-electron chi connectivity index (χ2n) is 4.49. The molecule has 1 aromatic carbocycles. The van der Waals surface area contributed by atoms with E-state index in [-0.39, 0.29) is 0 Å². The summed E-state index contributed by atoms with van der Waals surface area (Å²) in [6, 6.07) is 5.57. The number of rotatable bonds is 1. The first-order chi connectivity index (χ1) is 9.15. The number of hydrogen-bond acceptors (Lipinski definition) is 5. The fourth-order valence-corrected chi connectivity index (χ4v) is 3.57. The molecule has 1 aromatic heterocycles. The Labute approximate surface area is 119 Å². The van der Waals surface area contributed by atoms with Crippen molar-refractivity contribution in [2.75, 3.05) is 11.4 Å². The summed E-state index contributed by atoms with van der Waals surface area (Å²) in [4.78, 5) is 6.43. The Balaban J connectivity index is 2.05. The van der Waals surface area contributed by atoms with Gasteiger partial charge in [-0.1, -0.05) is 22.9 Å². The highest BCUT2D eigenvalue weighted by molar-refractivity contribution is 7.22. The molecule has 0 aliphatic carbocycles. The van der Waals surface area contributed by atoms with Crippen LogP contribution in [0.15, 0.2) is 29.8 Å². The van der Waals surface area contributed by atoms with Gasteiger partial charge in [0.15, 0.2) is 5.13 Å². The average Bonchev–Trinajstić information content (AvgIpc) is 2.81. The maximum atomic E-state index is 9.38. The highest BCUT2D eigenvalue weighted by Gasteiger charge is 2.23. The van der Waals surface area contributed by atoms with Gasteiger partial charge in [0, 0.05) is 11.6 Å². The van der Waals surface area contributed by atoms with E-state index in [1.165, 1.54) is 11.3 Å². The first-order valence-electron chi connectivity index (χ1n) is 6.10. The lowest BCUT2D eigenvalue weighted by Crippen LogP contribution is -2.28. The second kappa shape index (κ2) is 4.90. The summed E-state index contributed by atoms with van der Waals surface area (Å²) in [7, 11) is 0. The molecule has 2 aromatic rings. The predicted octanol–water partition coefficient (Wildman–Crippen LogP) is 4.23. The summed E-state index contributed by atoms with van der Waals surface area (Å²) in [6.07, 6.45) is 2.65. The van der Waals surface area contributed by atoms with Crippen LogP contribution in [-0.4, -0.2) is 21.7 Å². The van der Waals surface area contributed by atoms with Crippen LogP contribution in [0.2, 0.25) is 5.02 Å². The molecular formula is C13H13ClN2O2S. The molecular weight excluding hydrogens is 284 g/mol. The Morgan fingerprint density at radius 1 is 1.32 bits per heavy atom. The lowest BCUT2D eigenvalue weighted by molar-refractivity contribution is 0.180. The van der Waals surface area contributed by atoms with E-state index in [1.54, 1.807) is 0 Å². The molecule has 19 heavy (non-hydrogen) atoms. The third kappa shape index (κ3) is 2.35. The monoisotopic (exact) mass is 296 g/mol. The Morgan fingerprint density at radius 2 is 2.16 bits per heavy atom. The Morgan fingerprint density at radius 3 is 2.95 bits per heavy atom. The van der Waals surface area contributed by atoms with Crippen molar-refractivity contribution in [3.05, 3.63) is 34.9 Å². The molecule has 4 nitrogen and oxygen atoms in total. The van der Waals surface area contributed by atoms with Crippen LogP contribution in [0.5, 0.6) is 0 Å². The maximum absolute atomic E-state index is 9.38. The number of aliphatic hydroxyl groups is 2. The van der Waals surface area contributed by atoms with Crippen LogP contribution in [0.1, 0.15) is 19.3 Å². The normalized spacial score (nSPS) is 16.1. The molecule has 1 fully saturated rings. The summed E-state index contributed by atoms with van der Waals surface area (Å²) in [5.41, 5.74) is 1.43. The van der Waals surface area contributed by atoms with E-state index in [9.17, 15) is 10.2 Å². The van der Waals surface area contributed by atoms with Gasteiger partial charge in [-0.15, -0.1) is 0 Å². The smallest absolute Gasteiger partial charge is 0.294 e. The van der Waals surface area contributed by atoms with Gasteiger partial charge in [0.1, 0.15) is 5.70 Å². The van der Waals surface area contributed by atoms with Crippen LogP contribution in [-0.2, 0) is 0 Å². The molecule has 3 rings (SSSR count). The zero-order chi connectivity index (χ0) is 13.4. The SMILES string of the molecule is OC(O)=C1CCCCN1c1nc2ccc(Cl)cc2s1. The lowest BCUT2D eigenvalue weighted by atomic mass is 10.1. The van der Waals surface area contributed by atoms with Crippen molar-refractivity contribution in [3.63, 3.8) is 0 Å². The quantitative estimate of drug-likeness (QED) is 0.773. The van der Waals surface area contributed by atoms with Crippen molar-refractivity contribution in [2.45, 2.75) is 19.3 Å². The fraction of sp³-hybridized carbons (Fsp3) is 0.308. The molecule has 100 valence electrons. The largest absolute Gasteiger partial charge is 0.480 e. The molecule has 0 spiro atoms. The van der Waals surface area contributed by atoms with E-state index < -0.39 is 5.95 Å². The minimum atomic E-state index is -0.600. The van der Waals surface area contributed by atoms with Gasteiger partial charge < -0.3 is 15.1 Å². The molecule has 0 unspecified atom stereocenters. The minimum Gasteiger partial charge on any atom is -0.480 e. The van der Waals surface area contributed by atoms with Gasteiger partial charge in [-0.3, -0.25) is 0 Å². The van der Waals surface area contributed by atoms with E-state index in [4.69, 9.17) is 11.6 Å². The number of allylic oxidation sites excluding steroid dienone is 1. The van der Waals surface area contributed by atoms with Gasteiger partial charge in [-0.05, 0) is 37.5 Å². The highest BCUT2D eigenvalue weighted by Crippen LogP contribution is 2.35. The standard InChI is InChI=1S/C13H13ClN2O2S/c14-8-4-5-9-11(7-8)19-13(15-9)16-6-2-1-3-10(16)12(17)18/h4-5,7,17-18H,1-3,6H2. The average molecular weight is 297 g/mol. The molecule has 1 saturated heterocycles. The number of halogens is 1. The minimum absolute atomic E-state index is 0.552. The molecule has 2 heterocycles. The third-order valence-electron chi connectivity index (χ3n) is 3.20. The zero-order valence-corrected chi connectivity index (χ0v) is 11.7. The zero-order valence-electron chi connectivity index (χ0n) is 10.1. The lowest BCUT2D eigenvalue weighted by Gasteiger charge is -2.28. The van der Waals surface area contributed by atoms with Crippen molar-refractivity contribution in [3.8, 4) is 0 Å². The Hall–Kier alpha value is -1.46. The maximum Gasteiger partial charge on any atom is 0.294 e. The van der Waals surface area contributed by atoms with Crippen molar-refractivity contribution < 1.29 is 10.2 Å². The molecule has 0 radical (unpaired) electrons. The molecule has 1 aliphatic rings. The third-order valence-corrected chi connectivity index (χ3v) is 4.48. The second-order valence-corrected chi connectivity index (χ2v) is 5.93. The van der Waals surface area contributed by atoms with Gasteiger partial charge in [0.2, 0.25) is 0 Å². The number of nitrogens with zero attached hydrogens (tertiary/aromatic N) is 2. The summed E-state index contributed by atoms with van der Waals surface area (Å²) < 4.78 is 1.00. The van der Waals surface area contributed by atoms with Crippen molar-refractivity contribution in [1.82, 2.24) is 4.98 Å². The van der Waals surface area contributed by atoms with Gasteiger partial charge >= 0.3 is 0 Å². The van der Waals surface area contributed by atoms with Crippen LogP contribution in [0, 0.1) is 0 Å². The van der Waals surface area contributed by atoms with Crippen LogP contribution in [0.3, 0.4) is 0 Å². The number of anilines is 1. The number of hydrogen-bond donors (Lipinski definition) is 2. The van der Waals surface area contributed by atoms with Gasteiger partial charge in [-0.2, -0.15) is 0 Å².